The molecule has 1 saturated carbocycles. The summed E-state index contributed by atoms with van der Waals surface area (Å²) in [6.07, 6.45) is 7.76. The highest BCUT2D eigenvalue weighted by atomic mass is 79.9. The van der Waals surface area contributed by atoms with Crippen molar-refractivity contribution < 1.29 is 0 Å². The number of alkyl halides is 1. The van der Waals surface area contributed by atoms with E-state index in [9.17, 15) is 0 Å². The Hall–Kier alpha value is -0.0200. The van der Waals surface area contributed by atoms with Crippen LogP contribution < -0.4 is 0 Å². The molecule has 1 aromatic heterocycles. The van der Waals surface area contributed by atoms with Crippen molar-refractivity contribution in [2.24, 2.45) is 5.92 Å². The van der Waals surface area contributed by atoms with Gasteiger partial charge in [0.25, 0.3) is 0 Å². The molecule has 0 bridgehead atoms. The summed E-state index contributed by atoms with van der Waals surface area (Å²) < 4.78 is 2.05. The van der Waals surface area contributed by atoms with E-state index in [4.69, 9.17) is 11.6 Å². The van der Waals surface area contributed by atoms with E-state index in [0.29, 0.717) is 4.83 Å². The summed E-state index contributed by atoms with van der Waals surface area (Å²) in [5, 5.41) is 5.34. The molecule has 1 aliphatic carbocycles. The Balaban J connectivity index is 1.96. The van der Waals surface area contributed by atoms with Gasteiger partial charge in [-0.15, -0.1) is 0 Å². The first-order valence-corrected chi connectivity index (χ1v) is 8.28. The number of aryl methyl sites for hydroxylation is 2. The Morgan fingerprint density at radius 3 is 2.72 bits per heavy atom. The van der Waals surface area contributed by atoms with Gasteiger partial charge in [-0.1, -0.05) is 40.4 Å². The number of rotatable bonds is 5. The summed E-state index contributed by atoms with van der Waals surface area (Å²) in [7, 11) is 0. The predicted octanol–water partition coefficient (Wildman–Crippen LogP) is 4.75. The monoisotopic (exact) mass is 332 g/mol. The summed E-state index contributed by atoms with van der Waals surface area (Å²) >= 11 is 10.2. The molecule has 1 aliphatic rings. The second-order valence-corrected chi connectivity index (χ2v) is 6.82. The van der Waals surface area contributed by atoms with Crippen LogP contribution in [0.1, 0.15) is 50.4 Å². The van der Waals surface area contributed by atoms with Crippen LogP contribution in [0.15, 0.2) is 0 Å². The Morgan fingerprint density at radius 1 is 1.44 bits per heavy atom. The van der Waals surface area contributed by atoms with Crippen LogP contribution in [0.5, 0.6) is 0 Å². The largest absolute Gasteiger partial charge is 0.268 e. The first-order chi connectivity index (χ1) is 8.63. The normalized spacial score (nSPS) is 18.4. The van der Waals surface area contributed by atoms with Gasteiger partial charge in [0.2, 0.25) is 0 Å². The molecule has 0 spiro atoms. The lowest BCUT2D eigenvalue weighted by molar-refractivity contribution is 0.497. The maximum Gasteiger partial charge on any atom is 0.0847 e. The minimum Gasteiger partial charge on any atom is -0.268 e. The molecule has 1 fully saturated rings. The second kappa shape index (κ2) is 6.42. The molecule has 0 amide bonds. The van der Waals surface area contributed by atoms with E-state index in [-0.39, 0.29) is 0 Å². The zero-order valence-electron chi connectivity index (χ0n) is 11.3. The number of aromatic nitrogens is 2. The molecular formula is C14H22BrClN2. The van der Waals surface area contributed by atoms with Gasteiger partial charge in [-0.25, -0.2) is 0 Å². The Kier molecular flexibility index (Phi) is 5.14. The van der Waals surface area contributed by atoms with Crippen molar-refractivity contribution in [3.8, 4) is 0 Å². The Bertz CT molecular complexity index is 397. The third-order valence-corrected chi connectivity index (χ3v) is 5.72. The highest BCUT2D eigenvalue weighted by Crippen LogP contribution is 2.34. The van der Waals surface area contributed by atoms with Gasteiger partial charge in [0, 0.05) is 11.4 Å². The predicted molar refractivity (Wildman–Crippen MR) is 80.6 cm³/mol. The molecule has 2 nitrogen and oxygen atoms in total. The average molecular weight is 334 g/mol. The van der Waals surface area contributed by atoms with Crippen LogP contribution in [0.25, 0.3) is 0 Å². The molecule has 1 atom stereocenters. The van der Waals surface area contributed by atoms with Crippen molar-refractivity contribution in [2.45, 2.75) is 63.7 Å². The van der Waals surface area contributed by atoms with Crippen LogP contribution in [0.2, 0.25) is 5.02 Å². The molecule has 0 N–H and O–H groups in total. The molecule has 0 saturated heterocycles. The van der Waals surface area contributed by atoms with Crippen molar-refractivity contribution in [1.29, 1.82) is 0 Å². The van der Waals surface area contributed by atoms with Gasteiger partial charge in [-0.3, -0.25) is 4.68 Å². The molecule has 1 heterocycles. The van der Waals surface area contributed by atoms with Crippen molar-refractivity contribution in [1.82, 2.24) is 9.78 Å². The minimum atomic E-state index is 0.636. The number of nitrogens with zero attached hydrogens (tertiary/aromatic N) is 2. The molecule has 1 unspecified atom stereocenters. The van der Waals surface area contributed by atoms with E-state index < -0.39 is 0 Å². The summed E-state index contributed by atoms with van der Waals surface area (Å²) in [5.41, 5.74) is 2.17. The fourth-order valence-corrected chi connectivity index (χ4v) is 3.92. The van der Waals surface area contributed by atoms with E-state index >= 15 is 0 Å². The summed E-state index contributed by atoms with van der Waals surface area (Å²) in [5.74, 6) is 0.864. The van der Waals surface area contributed by atoms with Crippen LogP contribution in [0.3, 0.4) is 0 Å². The fourth-order valence-electron chi connectivity index (χ4n) is 2.94. The first kappa shape index (κ1) is 14.4. The van der Waals surface area contributed by atoms with Crippen LogP contribution in [-0.4, -0.2) is 14.6 Å². The zero-order valence-corrected chi connectivity index (χ0v) is 13.6. The minimum absolute atomic E-state index is 0.636. The summed E-state index contributed by atoms with van der Waals surface area (Å²) in [4.78, 5) is 0.636. The van der Waals surface area contributed by atoms with E-state index in [1.807, 2.05) is 11.6 Å². The summed E-state index contributed by atoms with van der Waals surface area (Å²) in [6.45, 7) is 5.01. The van der Waals surface area contributed by atoms with Crippen molar-refractivity contribution in [2.75, 3.05) is 0 Å². The second-order valence-electron chi connectivity index (χ2n) is 5.26. The lowest BCUT2D eigenvalue weighted by Crippen LogP contribution is -2.13. The van der Waals surface area contributed by atoms with Gasteiger partial charge in [0.15, 0.2) is 0 Å². The highest BCUT2D eigenvalue weighted by Gasteiger charge is 2.23. The van der Waals surface area contributed by atoms with Crippen LogP contribution in [0.4, 0.5) is 0 Å². The maximum absolute atomic E-state index is 6.34. The molecule has 0 aliphatic heterocycles. The number of hydrogen-bond acceptors (Lipinski definition) is 1. The van der Waals surface area contributed by atoms with Gasteiger partial charge in [-0.2, -0.15) is 5.10 Å². The van der Waals surface area contributed by atoms with E-state index in [0.717, 1.165) is 36.0 Å². The standard InChI is InChI=1S/C14H22BrClN2/c1-3-18-13(14(16)10(2)17-18)9-8-12(15)11-6-4-5-7-11/h11-12H,3-9H2,1-2H3. The van der Waals surface area contributed by atoms with Crippen LogP contribution in [-0.2, 0) is 13.0 Å². The molecule has 1 aromatic rings. The Labute approximate surface area is 123 Å². The first-order valence-electron chi connectivity index (χ1n) is 6.99. The molecule has 0 aromatic carbocycles. The fraction of sp³-hybridized carbons (Fsp3) is 0.786. The number of hydrogen-bond donors (Lipinski definition) is 0. The van der Waals surface area contributed by atoms with Gasteiger partial charge >= 0.3 is 0 Å². The molecule has 4 heteroatoms. The average Bonchev–Trinajstić information content (AvgIpc) is 2.97. The maximum atomic E-state index is 6.34. The van der Waals surface area contributed by atoms with E-state index in [2.05, 4.69) is 28.0 Å². The summed E-state index contributed by atoms with van der Waals surface area (Å²) in [6, 6.07) is 0. The quantitative estimate of drug-likeness (QED) is 0.711. The molecule has 18 heavy (non-hydrogen) atoms. The molecule has 0 radical (unpaired) electrons. The van der Waals surface area contributed by atoms with Crippen molar-refractivity contribution >= 4 is 27.5 Å². The van der Waals surface area contributed by atoms with Crippen molar-refractivity contribution in [3.63, 3.8) is 0 Å². The Morgan fingerprint density at radius 2 is 2.11 bits per heavy atom. The van der Waals surface area contributed by atoms with Crippen molar-refractivity contribution in [3.05, 3.63) is 16.4 Å². The van der Waals surface area contributed by atoms with Crippen LogP contribution in [0, 0.1) is 12.8 Å². The van der Waals surface area contributed by atoms with Gasteiger partial charge in [0.1, 0.15) is 0 Å². The smallest absolute Gasteiger partial charge is 0.0847 e. The highest BCUT2D eigenvalue weighted by molar-refractivity contribution is 9.09. The lowest BCUT2D eigenvalue weighted by atomic mass is 9.99. The third-order valence-electron chi connectivity index (χ3n) is 4.02. The topological polar surface area (TPSA) is 17.8 Å². The van der Waals surface area contributed by atoms with Crippen LogP contribution >= 0.6 is 27.5 Å². The van der Waals surface area contributed by atoms with Gasteiger partial charge in [0.05, 0.1) is 16.4 Å². The lowest BCUT2D eigenvalue weighted by Gasteiger charge is -2.17. The SMILES string of the molecule is CCn1nc(C)c(Cl)c1CCC(Br)C1CCCC1. The zero-order chi connectivity index (χ0) is 13.1. The van der Waals surface area contributed by atoms with Gasteiger partial charge < -0.3 is 0 Å². The molecule has 102 valence electrons. The van der Waals surface area contributed by atoms with E-state index in [1.165, 1.54) is 31.4 Å². The molecule has 2 rings (SSSR count). The third kappa shape index (κ3) is 3.11. The van der Waals surface area contributed by atoms with E-state index in [1.54, 1.807) is 0 Å². The number of halogens is 2. The molecular weight excluding hydrogens is 312 g/mol. The van der Waals surface area contributed by atoms with Gasteiger partial charge in [-0.05, 0) is 45.4 Å².